The van der Waals surface area contributed by atoms with Crippen molar-refractivity contribution in [2.24, 2.45) is 0 Å². The molecule has 0 unspecified atom stereocenters. The van der Waals surface area contributed by atoms with E-state index < -0.39 is 0 Å². The number of piperidine rings is 1. The second-order valence-electron chi connectivity index (χ2n) is 5.22. The van der Waals surface area contributed by atoms with E-state index in [2.05, 4.69) is 26.5 Å². The largest absolute Gasteiger partial charge is 0.395 e. The lowest BCUT2D eigenvalue weighted by Crippen LogP contribution is -2.47. The van der Waals surface area contributed by atoms with Gasteiger partial charge in [-0.15, -0.1) is 10.2 Å². The van der Waals surface area contributed by atoms with Gasteiger partial charge in [0.25, 0.3) is 0 Å². The van der Waals surface area contributed by atoms with Crippen LogP contribution in [0.25, 0.3) is 0 Å². The van der Waals surface area contributed by atoms with E-state index in [0.29, 0.717) is 6.04 Å². The van der Waals surface area contributed by atoms with Crippen molar-refractivity contribution < 1.29 is 5.11 Å². The van der Waals surface area contributed by atoms with E-state index in [0.717, 1.165) is 42.5 Å². The van der Waals surface area contributed by atoms with Gasteiger partial charge in [0.2, 0.25) is 5.13 Å². The van der Waals surface area contributed by atoms with Crippen LogP contribution in [0.3, 0.4) is 0 Å². The van der Waals surface area contributed by atoms with Gasteiger partial charge in [-0.1, -0.05) is 23.5 Å². The number of nitrogens with zero attached hydrogens (tertiary/aromatic N) is 3. The molecule has 1 aliphatic rings. The average Bonchev–Trinajstić information content (AvgIpc) is 2.90. The van der Waals surface area contributed by atoms with E-state index in [4.69, 9.17) is 0 Å². The zero-order valence-corrected chi connectivity index (χ0v) is 13.1. The molecule has 0 radical (unpaired) electrons. The van der Waals surface area contributed by atoms with E-state index in [1.165, 1.54) is 0 Å². The molecule has 5 nitrogen and oxygen atoms in total. The van der Waals surface area contributed by atoms with E-state index >= 15 is 0 Å². The Bertz CT molecular complexity index is 427. The molecular weight excluding hydrogens is 272 g/mol. The Morgan fingerprint density at radius 1 is 1.45 bits per heavy atom. The van der Waals surface area contributed by atoms with Crippen molar-refractivity contribution in [3.63, 3.8) is 0 Å². The van der Waals surface area contributed by atoms with Gasteiger partial charge in [-0.05, 0) is 33.1 Å². The highest BCUT2D eigenvalue weighted by Gasteiger charge is 2.22. The molecule has 1 atom stereocenters. The van der Waals surface area contributed by atoms with Crippen LogP contribution < -0.4 is 10.2 Å². The summed E-state index contributed by atoms with van der Waals surface area (Å²) >= 11 is 1.66. The molecule has 112 valence electrons. The number of aliphatic hydroxyl groups excluding tert-OH is 1. The van der Waals surface area contributed by atoms with Gasteiger partial charge in [-0.25, -0.2) is 0 Å². The van der Waals surface area contributed by atoms with Crippen molar-refractivity contribution in [1.82, 2.24) is 15.5 Å². The minimum Gasteiger partial charge on any atom is -0.395 e. The third kappa shape index (κ3) is 4.26. The maximum absolute atomic E-state index is 9.39. The number of allylic oxidation sites excluding steroid dienone is 1. The van der Waals surface area contributed by atoms with E-state index in [9.17, 15) is 5.11 Å². The maximum Gasteiger partial charge on any atom is 0.208 e. The third-order valence-electron chi connectivity index (χ3n) is 3.63. The molecule has 0 saturated carbocycles. The lowest BCUT2D eigenvalue weighted by Gasteiger charge is -2.33. The summed E-state index contributed by atoms with van der Waals surface area (Å²) in [6, 6.07) is 0.661. The number of hydrogen-bond acceptors (Lipinski definition) is 6. The van der Waals surface area contributed by atoms with Gasteiger partial charge in [-0.2, -0.15) is 0 Å². The fourth-order valence-corrected chi connectivity index (χ4v) is 3.22. The van der Waals surface area contributed by atoms with Gasteiger partial charge in [0.05, 0.1) is 6.61 Å². The molecule has 0 aliphatic carbocycles. The molecule has 6 heteroatoms. The fraction of sp³-hybridized carbons (Fsp3) is 0.714. The Labute approximate surface area is 124 Å². The number of aliphatic hydroxyl groups is 1. The van der Waals surface area contributed by atoms with Crippen LogP contribution in [0, 0.1) is 6.92 Å². The van der Waals surface area contributed by atoms with Crippen LogP contribution in [0.5, 0.6) is 0 Å². The Morgan fingerprint density at radius 3 is 2.75 bits per heavy atom. The first-order valence-electron chi connectivity index (χ1n) is 7.26. The molecule has 2 rings (SSSR count). The molecule has 1 aliphatic heterocycles. The molecule has 2 N–H and O–H groups in total. The van der Waals surface area contributed by atoms with Gasteiger partial charge in [0, 0.05) is 25.2 Å². The van der Waals surface area contributed by atoms with Crippen molar-refractivity contribution in [1.29, 1.82) is 0 Å². The molecule has 1 aromatic rings. The number of nitrogens with one attached hydrogen (secondary N) is 1. The van der Waals surface area contributed by atoms with Crippen LogP contribution in [0.1, 0.15) is 31.2 Å². The molecule has 1 fully saturated rings. The highest BCUT2D eigenvalue weighted by atomic mass is 32.1. The minimum absolute atomic E-state index is 0.173. The van der Waals surface area contributed by atoms with Crippen LogP contribution in [0.15, 0.2) is 12.2 Å². The van der Waals surface area contributed by atoms with E-state index in [1.807, 2.05) is 19.9 Å². The first-order valence-corrected chi connectivity index (χ1v) is 8.07. The van der Waals surface area contributed by atoms with Gasteiger partial charge in [0.1, 0.15) is 5.01 Å². The summed E-state index contributed by atoms with van der Waals surface area (Å²) in [5, 5.41) is 23.3. The molecule has 0 bridgehead atoms. The highest BCUT2D eigenvalue weighted by Crippen LogP contribution is 2.23. The van der Waals surface area contributed by atoms with E-state index in [-0.39, 0.29) is 12.6 Å². The first kappa shape index (κ1) is 15.4. The quantitative estimate of drug-likeness (QED) is 0.783. The highest BCUT2D eigenvalue weighted by molar-refractivity contribution is 7.15. The predicted molar refractivity (Wildman–Crippen MR) is 83.3 cm³/mol. The predicted octanol–water partition coefficient (Wildman–Crippen LogP) is 1.73. The Morgan fingerprint density at radius 2 is 2.20 bits per heavy atom. The number of aryl methyl sites for hydroxylation is 1. The molecule has 20 heavy (non-hydrogen) atoms. The SMILES string of the molecule is C/C=C/C[C@@H](CO)NC1CCN(c2nnc(C)s2)CC1. The summed E-state index contributed by atoms with van der Waals surface area (Å²) in [5.74, 6) is 0. The van der Waals surface area contributed by atoms with Gasteiger partial charge in [-0.3, -0.25) is 0 Å². The zero-order valence-electron chi connectivity index (χ0n) is 12.2. The van der Waals surface area contributed by atoms with Crippen molar-refractivity contribution in [3.05, 3.63) is 17.2 Å². The number of rotatable bonds is 6. The lowest BCUT2D eigenvalue weighted by molar-refractivity contribution is 0.224. The summed E-state index contributed by atoms with van der Waals surface area (Å²) in [4.78, 5) is 2.31. The average molecular weight is 296 g/mol. The van der Waals surface area contributed by atoms with Crippen molar-refractivity contribution in [2.45, 2.75) is 45.2 Å². The molecule has 1 aromatic heterocycles. The van der Waals surface area contributed by atoms with Crippen molar-refractivity contribution >= 4 is 16.5 Å². The topological polar surface area (TPSA) is 61.3 Å². The summed E-state index contributed by atoms with van der Waals surface area (Å²) in [5.41, 5.74) is 0. The molecule has 0 aromatic carbocycles. The summed E-state index contributed by atoms with van der Waals surface area (Å²) in [6.45, 7) is 6.21. The summed E-state index contributed by atoms with van der Waals surface area (Å²) < 4.78 is 0. The lowest BCUT2D eigenvalue weighted by atomic mass is 10.0. The van der Waals surface area contributed by atoms with Gasteiger partial charge < -0.3 is 15.3 Å². The first-order chi connectivity index (χ1) is 9.72. The zero-order chi connectivity index (χ0) is 14.4. The molecule has 0 amide bonds. The van der Waals surface area contributed by atoms with Crippen LogP contribution in [-0.4, -0.2) is 47.1 Å². The van der Waals surface area contributed by atoms with Crippen LogP contribution >= 0.6 is 11.3 Å². The Balaban J connectivity index is 1.78. The number of anilines is 1. The molecule has 0 spiro atoms. The summed E-state index contributed by atoms with van der Waals surface area (Å²) in [6.07, 6.45) is 7.20. The molecular formula is C14H24N4OS. The van der Waals surface area contributed by atoms with Crippen molar-refractivity contribution in [3.8, 4) is 0 Å². The third-order valence-corrected chi connectivity index (χ3v) is 4.53. The van der Waals surface area contributed by atoms with Crippen LogP contribution in [-0.2, 0) is 0 Å². The fourth-order valence-electron chi connectivity index (χ4n) is 2.48. The second kappa shape index (κ2) is 7.71. The van der Waals surface area contributed by atoms with Gasteiger partial charge >= 0.3 is 0 Å². The molecule has 2 heterocycles. The van der Waals surface area contributed by atoms with Crippen LogP contribution in [0.2, 0.25) is 0 Å². The maximum atomic E-state index is 9.39. The van der Waals surface area contributed by atoms with Crippen LogP contribution in [0.4, 0.5) is 5.13 Å². The Hall–Kier alpha value is -0.980. The monoisotopic (exact) mass is 296 g/mol. The smallest absolute Gasteiger partial charge is 0.208 e. The van der Waals surface area contributed by atoms with E-state index in [1.54, 1.807) is 11.3 Å². The van der Waals surface area contributed by atoms with Gasteiger partial charge in [0.15, 0.2) is 0 Å². The molecule has 1 saturated heterocycles. The minimum atomic E-state index is 0.173. The summed E-state index contributed by atoms with van der Waals surface area (Å²) in [7, 11) is 0. The second-order valence-corrected chi connectivity index (χ2v) is 6.38. The van der Waals surface area contributed by atoms with Crippen molar-refractivity contribution in [2.75, 3.05) is 24.6 Å². The standard InChI is InChI=1S/C14H24N4OS/c1-3-4-5-13(10-19)15-12-6-8-18(9-7-12)14-17-16-11(2)20-14/h3-4,12-13,15,19H,5-10H2,1-2H3/b4-3+/t13-/m0/s1. The number of hydrogen-bond donors (Lipinski definition) is 2. The normalized spacial score (nSPS) is 18.9. The number of aromatic nitrogens is 2. The Kier molecular flexibility index (Phi) is 5.94.